The summed E-state index contributed by atoms with van der Waals surface area (Å²) in [6, 6.07) is 14.8. The minimum atomic E-state index is -0.607. The molecular weight excluding hydrogens is 454 g/mol. The van der Waals surface area contributed by atoms with Crippen molar-refractivity contribution in [1.29, 1.82) is 0 Å². The lowest BCUT2D eigenvalue weighted by Gasteiger charge is -2.14. The number of imide groups is 1. The van der Waals surface area contributed by atoms with Gasteiger partial charge in [-0.15, -0.1) is 5.10 Å². The Balaban J connectivity index is 1.62. The molecule has 1 unspecified atom stereocenters. The van der Waals surface area contributed by atoms with Gasteiger partial charge >= 0.3 is 0 Å². The third-order valence-corrected chi connectivity index (χ3v) is 5.73. The van der Waals surface area contributed by atoms with Crippen LogP contribution >= 0.6 is 27.7 Å². The number of thioether (sulfide) groups is 1. The Labute approximate surface area is 181 Å². The molecule has 3 rings (SSSR count). The number of hydrogen-bond donors (Lipinski definition) is 1. The first-order chi connectivity index (χ1) is 13.8. The number of halogens is 1. The van der Waals surface area contributed by atoms with E-state index in [4.69, 9.17) is 5.73 Å². The molecule has 2 amide bonds. The summed E-state index contributed by atoms with van der Waals surface area (Å²) >= 11 is 4.39. The molecule has 7 nitrogen and oxygen atoms in total. The molecule has 1 heterocycles. The second-order valence-corrected chi connectivity index (χ2v) is 8.66. The smallest absolute Gasteiger partial charge is 0.247 e. The van der Waals surface area contributed by atoms with E-state index in [1.165, 1.54) is 4.90 Å². The highest BCUT2D eigenvalue weighted by molar-refractivity contribution is 9.10. The van der Waals surface area contributed by atoms with Crippen LogP contribution in [0.2, 0.25) is 0 Å². The van der Waals surface area contributed by atoms with Gasteiger partial charge in [-0.25, -0.2) is 4.90 Å². The predicted octanol–water partition coefficient (Wildman–Crippen LogP) is 3.23. The summed E-state index contributed by atoms with van der Waals surface area (Å²) in [7, 11) is 3.94. The summed E-state index contributed by atoms with van der Waals surface area (Å²) in [5.74, 6) is -0.559. The van der Waals surface area contributed by atoms with Crippen molar-refractivity contribution in [3.05, 3.63) is 58.6 Å². The fraction of sp³-hybridized carbons (Fsp3) is 0.200. The van der Waals surface area contributed by atoms with Crippen LogP contribution in [0.15, 0.2) is 63.2 Å². The third-order valence-electron chi connectivity index (χ3n) is 4.23. The largest absolute Gasteiger partial charge is 0.378 e. The Morgan fingerprint density at radius 2 is 1.83 bits per heavy atom. The fourth-order valence-corrected chi connectivity index (χ4v) is 3.82. The number of amidine groups is 1. The van der Waals surface area contributed by atoms with Gasteiger partial charge in [0.1, 0.15) is 5.25 Å². The number of carbonyl (C=O) groups excluding carboxylic acids is 2. The summed E-state index contributed by atoms with van der Waals surface area (Å²) in [6.45, 7) is 0. The maximum absolute atomic E-state index is 12.6. The Hall–Kier alpha value is -2.65. The first-order valence-electron chi connectivity index (χ1n) is 8.78. The molecule has 0 saturated carbocycles. The van der Waals surface area contributed by atoms with Gasteiger partial charge in [-0.05, 0) is 42.0 Å². The molecule has 1 fully saturated rings. The van der Waals surface area contributed by atoms with E-state index in [2.05, 4.69) is 26.1 Å². The molecule has 0 aromatic heterocycles. The Kier molecular flexibility index (Phi) is 6.71. The highest BCUT2D eigenvalue weighted by Crippen LogP contribution is 2.30. The molecule has 9 heteroatoms. The lowest BCUT2D eigenvalue weighted by atomic mass is 10.2. The van der Waals surface area contributed by atoms with Crippen LogP contribution in [-0.4, -0.2) is 42.5 Å². The first-order valence-corrected chi connectivity index (χ1v) is 10.5. The van der Waals surface area contributed by atoms with Gasteiger partial charge < -0.3 is 10.6 Å². The molecule has 29 heavy (non-hydrogen) atoms. The van der Waals surface area contributed by atoms with Crippen LogP contribution in [-0.2, 0) is 9.59 Å². The van der Waals surface area contributed by atoms with E-state index < -0.39 is 5.25 Å². The number of rotatable bonds is 5. The monoisotopic (exact) mass is 473 g/mol. The van der Waals surface area contributed by atoms with Crippen LogP contribution in [0.1, 0.15) is 12.0 Å². The number of nitrogens with zero attached hydrogens (tertiary/aromatic N) is 4. The van der Waals surface area contributed by atoms with Gasteiger partial charge in [0.15, 0.2) is 5.17 Å². The van der Waals surface area contributed by atoms with Gasteiger partial charge in [-0.1, -0.05) is 39.8 Å². The molecule has 2 aromatic carbocycles. The van der Waals surface area contributed by atoms with Crippen molar-refractivity contribution in [2.45, 2.75) is 11.7 Å². The maximum Gasteiger partial charge on any atom is 0.247 e. The average molecular weight is 474 g/mol. The number of amides is 2. The van der Waals surface area contributed by atoms with Gasteiger partial charge in [0, 0.05) is 30.7 Å². The van der Waals surface area contributed by atoms with Crippen molar-refractivity contribution >= 4 is 62.3 Å². The van der Waals surface area contributed by atoms with E-state index in [0.717, 1.165) is 27.5 Å². The Bertz CT molecular complexity index is 958. The zero-order valence-electron chi connectivity index (χ0n) is 15.9. The SMILES string of the molecule is CN(C)c1ccc(C=NN=C(N)SC2CC(=O)N(c3ccc(Br)cc3)C2=O)cc1. The van der Waals surface area contributed by atoms with Crippen LogP contribution in [0.5, 0.6) is 0 Å². The number of hydrogen-bond acceptors (Lipinski definition) is 6. The maximum atomic E-state index is 12.6. The van der Waals surface area contributed by atoms with Crippen LogP contribution in [0.4, 0.5) is 11.4 Å². The van der Waals surface area contributed by atoms with Crippen LogP contribution in [0.25, 0.3) is 0 Å². The van der Waals surface area contributed by atoms with Crippen molar-refractivity contribution in [3.63, 3.8) is 0 Å². The van der Waals surface area contributed by atoms with Crippen molar-refractivity contribution in [2.75, 3.05) is 23.9 Å². The molecule has 150 valence electrons. The van der Waals surface area contributed by atoms with E-state index in [9.17, 15) is 9.59 Å². The second kappa shape index (κ2) is 9.23. The second-order valence-electron chi connectivity index (χ2n) is 6.52. The summed E-state index contributed by atoms with van der Waals surface area (Å²) in [5, 5.41) is 7.44. The third kappa shape index (κ3) is 5.24. The lowest BCUT2D eigenvalue weighted by Crippen LogP contribution is -2.31. The summed E-state index contributed by atoms with van der Waals surface area (Å²) in [5.41, 5.74) is 8.40. The first kappa shape index (κ1) is 21.1. The van der Waals surface area contributed by atoms with Gasteiger partial charge in [0.25, 0.3) is 0 Å². The number of anilines is 2. The topological polar surface area (TPSA) is 91.4 Å². The van der Waals surface area contributed by atoms with Crippen LogP contribution < -0.4 is 15.5 Å². The van der Waals surface area contributed by atoms with E-state index in [0.29, 0.717) is 5.69 Å². The van der Waals surface area contributed by atoms with Crippen molar-refractivity contribution in [3.8, 4) is 0 Å². The molecule has 1 aliphatic rings. The van der Waals surface area contributed by atoms with Gasteiger partial charge in [0.2, 0.25) is 11.8 Å². The summed E-state index contributed by atoms with van der Waals surface area (Å²) in [4.78, 5) is 28.1. The summed E-state index contributed by atoms with van der Waals surface area (Å²) in [6.07, 6.45) is 1.66. The highest BCUT2D eigenvalue weighted by Gasteiger charge is 2.40. The van der Waals surface area contributed by atoms with Crippen molar-refractivity contribution in [2.24, 2.45) is 15.9 Å². The van der Waals surface area contributed by atoms with Crippen LogP contribution in [0.3, 0.4) is 0 Å². The molecular formula is C20H20BrN5O2S. The molecule has 0 aliphatic carbocycles. The fourth-order valence-electron chi connectivity index (χ4n) is 2.74. The highest BCUT2D eigenvalue weighted by atomic mass is 79.9. The van der Waals surface area contributed by atoms with Crippen molar-refractivity contribution in [1.82, 2.24) is 0 Å². The Morgan fingerprint density at radius 3 is 2.45 bits per heavy atom. The predicted molar refractivity (Wildman–Crippen MR) is 123 cm³/mol. The molecule has 1 aliphatic heterocycles. The molecule has 2 N–H and O–H groups in total. The number of benzene rings is 2. The lowest BCUT2D eigenvalue weighted by molar-refractivity contribution is -0.121. The van der Waals surface area contributed by atoms with Gasteiger partial charge in [-0.3, -0.25) is 9.59 Å². The number of nitrogens with two attached hydrogens (primary N) is 1. The normalized spacial score (nSPS) is 17.4. The van der Waals surface area contributed by atoms with E-state index in [1.807, 2.05) is 43.3 Å². The molecule has 1 saturated heterocycles. The molecule has 0 radical (unpaired) electrons. The number of carbonyl (C=O) groups is 2. The minimum Gasteiger partial charge on any atom is -0.378 e. The molecule has 0 bridgehead atoms. The Morgan fingerprint density at radius 1 is 1.17 bits per heavy atom. The van der Waals surface area contributed by atoms with E-state index in [-0.39, 0.29) is 23.4 Å². The quantitative estimate of drug-likeness (QED) is 0.311. The summed E-state index contributed by atoms with van der Waals surface area (Å²) < 4.78 is 0.872. The van der Waals surface area contributed by atoms with E-state index >= 15 is 0 Å². The molecule has 2 aromatic rings. The van der Waals surface area contributed by atoms with Gasteiger partial charge in [-0.2, -0.15) is 5.10 Å². The standard InChI is InChI=1S/C20H20BrN5O2S/c1-25(2)15-7-3-13(4-8-15)12-23-24-20(22)29-17-11-18(27)26(19(17)28)16-9-5-14(21)6-10-16/h3-10,12,17H,11H2,1-2H3,(H2,22,24). The minimum absolute atomic E-state index is 0.0749. The molecule has 0 spiro atoms. The van der Waals surface area contributed by atoms with E-state index in [1.54, 1.807) is 30.5 Å². The van der Waals surface area contributed by atoms with Gasteiger partial charge in [0.05, 0.1) is 11.9 Å². The molecule has 1 atom stereocenters. The average Bonchev–Trinajstić information content (AvgIpc) is 2.96. The van der Waals surface area contributed by atoms with Crippen LogP contribution in [0, 0.1) is 0 Å². The van der Waals surface area contributed by atoms with Crippen molar-refractivity contribution < 1.29 is 9.59 Å². The zero-order valence-corrected chi connectivity index (χ0v) is 18.4. The zero-order chi connectivity index (χ0) is 21.0.